The van der Waals surface area contributed by atoms with Gasteiger partial charge in [-0.15, -0.1) is 0 Å². The van der Waals surface area contributed by atoms with Crippen molar-refractivity contribution in [2.75, 3.05) is 5.43 Å². The molecule has 7 heteroatoms. The molecular weight excluding hydrogens is 270 g/mol. The zero-order valence-electron chi connectivity index (χ0n) is 11.1. The van der Waals surface area contributed by atoms with Gasteiger partial charge >= 0.3 is 0 Å². The molecule has 106 valence electrons. The number of nitrogens with one attached hydrogen (secondary N) is 2. The van der Waals surface area contributed by atoms with Gasteiger partial charge in [-0.3, -0.25) is 15.6 Å². The topological polar surface area (TPSA) is 88.5 Å². The van der Waals surface area contributed by atoms with Crippen LogP contribution in [0.25, 0.3) is 0 Å². The predicted molar refractivity (Wildman–Crippen MR) is 76.1 cm³/mol. The molecule has 1 aromatic carbocycles. The third-order valence-electron chi connectivity index (χ3n) is 2.96. The summed E-state index contributed by atoms with van der Waals surface area (Å²) < 4.78 is 0. The van der Waals surface area contributed by atoms with Crippen molar-refractivity contribution in [2.24, 2.45) is 5.16 Å². The molecule has 0 unspecified atom stereocenters. The highest BCUT2D eigenvalue weighted by Crippen LogP contribution is 2.26. The minimum Gasteiger partial charge on any atom is -0.387 e. The van der Waals surface area contributed by atoms with Gasteiger partial charge in [0.2, 0.25) is 5.95 Å². The van der Waals surface area contributed by atoms with Gasteiger partial charge < -0.3 is 4.84 Å². The number of carbonyl (C=O) groups is 1. The van der Waals surface area contributed by atoms with E-state index in [1.807, 2.05) is 30.3 Å². The summed E-state index contributed by atoms with van der Waals surface area (Å²) in [5.74, 6) is -0.0501. The van der Waals surface area contributed by atoms with Crippen molar-refractivity contribution in [2.45, 2.75) is 12.5 Å². The van der Waals surface area contributed by atoms with E-state index in [1.165, 1.54) is 0 Å². The van der Waals surface area contributed by atoms with Crippen molar-refractivity contribution >= 4 is 17.6 Å². The number of oxime groups is 1. The van der Waals surface area contributed by atoms with Crippen molar-refractivity contribution in [3.8, 4) is 0 Å². The number of hydrazine groups is 1. The Bertz CT molecular complexity index is 645. The first-order valence-corrected chi connectivity index (χ1v) is 6.44. The minimum absolute atomic E-state index is 0.222. The zero-order valence-corrected chi connectivity index (χ0v) is 11.1. The Kier molecular flexibility index (Phi) is 3.72. The van der Waals surface area contributed by atoms with E-state index in [1.54, 1.807) is 18.5 Å². The largest absolute Gasteiger partial charge is 0.387 e. The van der Waals surface area contributed by atoms with E-state index in [0.717, 1.165) is 5.56 Å². The molecule has 2 aromatic rings. The number of hydrogen-bond donors (Lipinski definition) is 2. The van der Waals surface area contributed by atoms with E-state index >= 15 is 0 Å². The van der Waals surface area contributed by atoms with Gasteiger partial charge in [0.05, 0.1) is 0 Å². The smallest absolute Gasteiger partial charge is 0.287 e. The van der Waals surface area contributed by atoms with Crippen LogP contribution in [0.4, 0.5) is 5.95 Å². The van der Waals surface area contributed by atoms with Gasteiger partial charge in [0.15, 0.2) is 11.8 Å². The summed E-state index contributed by atoms with van der Waals surface area (Å²) in [6.07, 6.45) is 3.35. The highest BCUT2D eigenvalue weighted by Gasteiger charge is 2.27. The number of benzene rings is 1. The Balaban J connectivity index is 1.55. The summed E-state index contributed by atoms with van der Waals surface area (Å²) in [6.45, 7) is 0. The third-order valence-corrected chi connectivity index (χ3v) is 2.96. The van der Waals surface area contributed by atoms with Gasteiger partial charge in [0.25, 0.3) is 5.91 Å². The van der Waals surface area contributed by atoms with E-state index in [0.29, 0.717) is 18.1 Å². The molecule has 2 heterocycles. The van der Waals surface area contributed by atoms with Gasteiger partial charge in [-0.1, -0.05) is 35.5 Å². The summed E-state index contributed by atoms with van der Waals surface area (Å²) in [6, 6.07) is 11.3. The van der Waals surface area contributed by atoms with Crippen molar-refractivity contribution in [1.29, 1.82) is 0 Å². The fourth-order valence-electron chi connectivity index (χ4n) is 1.91. The van der Waals surface area contributed by atoms with E-state index in [9.17, 15) is 4.79 Å². The Morgan fingerprint density at radius 3 is 2.67 bits per heavy atom. The summed E-state index contributed by atoms with van der Waals surface area (Å²) in [7, 11) is 0. The van der Waals surface area contributed by atoms with Gasteiger partial charge in [0, 0.05) is 18.8 Å². The Morgan fingerprint density at radius 2 is 1.90 bits per heavy atom. The summed E-state index contributed by atoms with van der Waals surface area (Å²) in [5.41, 5.74) is 6.42. The van der Waals surface area contributed by atoms with E-state index < -0.39 is 0 Å². The first-order valence-electron chi connectivity index (χ1n) is 6.44. The minimum atomic E-state index is -0.360. The average Bonchev–Trinajstić information content (AvgIpc) is 3.04. The average molecular weight is 283 g/mol. The Hall–Kier alpha value is -2.96. The fourth-order valence-corrected chi connectivity index (χ4v) is 1.91. The highest BCUT2D eigenvalue weighted by atomic mass is 16.6. The highest BCUT2D eigenvalue weighted by molar-refractivity contribution is 6.39. The molecule has 1 atom stereocenters. The second-order valence-corrected chi connectivity index (χ2v) is 4.40. The maximum Gasteiger partial charge on any atom is 0.287 e. The van der Waals surface area contributed by atoms with Crippen molar-refractivity contribution in [1.82, 2.24) is 15.4 Å². The molecule has 7 nitrogen and oxygen atoms in total. The Labute approximate surface area is 121 Å². The number of nitrogens with zero attached hydrogens (tertiary/aromatic N) is 3. The second kappa shape index (κ2) is 6.00. The van der Waals surface area contributed by atoms with Gasteiger partial charge in [-0.2, -0.15) is 0 Å². The number of carbonyl (C=O) groups excluding carboxylic acids is 1. The van der Waals surface area contributed by atoms with E-state index in [4.69, 9.17) is 4.84 Å². The maximum absolute atomic E-state index is 12.0. The van der Waals surface area contributed by atoms with Crippen molar-refractivity contribution < 1.29 is 9.63 Å². The number of aromatic nitrogens is 2. The lowest BCUT2D eigenvalue weighted by molar-refractivity contribution is -0.114. The first kappa shape index (κ1) is 13.0. The molecule has 1 amide bonds. The van der Waals surface area contributed by atoms with Crippen LogP contribution in [0.1, 0.15) is 18.1 Å². The molecule has 0 fully saturated rings. The lowest BCUT2D eigenvalue weighted by Gasteiger charge is -2.07. The van der Waals surface area contributed by atoms with Crippen LogP contribution in [-0.2, 0) is 9.63 Å². The second-order valence-electron chi connectivity index (χ2n) is 4.40. The van der Waals surface area contributed by atoms with E-state index in [2.05, 4.69) is 26.0 Å². The first-order chi connectivity index (χ1) is 10.3. The third kappa shape index (κ3) is 3.14. The van der Waals surface area contributed by atoms with Crippen LogP contribution in [0.2, 0.25) is 0 Å². The normalized spacial score (nSPS) is 16.8. The summed E-state index contributed by atoms with van der Waals surface area (Å²) >= 11 is 0. The Morgan fingerprint density at radius 1 is 1.14 bits per heavy atom. The molecule has 0 saturated carbocycles. The maximum atomic E-state index is 12.0. The molecule has 1 aromatic heterocycles. The number of hydrogen-bond acceptors (Lipinski definition) is 6. The quantitative estimate of drug-likeness (QED) is 0.829. The van der Waals surface area contributed by atoms with Gasteiger partial charge in [0.1, 0.15) is 0 Å². The summed E-state index contributed by atoms with van der Waals surface area (Å²) in [4.78, 5) is 25.1. The fraction of sp³-hybridized carbons (Fsp3) is 0.143. The molecule has 0 aliphatic carbocycles. The summed E-state index contributed by atoms with van der Waals surface area (Å²) in [5, 5.41) is 3.83. The van der Waals surface area contributed by atoms with E-state index in [-0.39, 0.29) is 12.0 Å². The molecule has 0 radical (unpaired) electrons. The van der Waals surface area contributed by atoms with Gasteiger partial charge in [-0.05, 0) is 11.6 Å². The van der Waals surface area contributed by atoms with Crippen LogP contribution < -0.4 is 10.9 Å². The number of rotatable bonds is 4. The predicted octanol–water partition coefficient (Wildman–Crippen LogP) is 1.44. The van der Waals surface area contributed by atoms with Crippen LogP contribution >= 0.6 is 0 Å². The lowest BCUT2D eigenvalue weighted by Crippen LogP contribution is -2.35. The lowest BCUT2D eigenvalue weighted by atomic mass is 10.0. The zero-order chi connectivity index (χ0) is 14.5. The molecule has 3 rings (SSSR count). The van der Waals surface area contributed by atoms with Crippen LogP contribution in [0.15, 0.2) is 53.9 Å². The monoisotopic (exact) mass is 283 g/mol. The van der Waals surface area contributed by atoms with Crippen molar-refractivity contribution in [3.05, 3.63) is 54.4 Å². The number of anilines is 1. The SMILES string of the molecule is O=C(NNc1ncccn1)C1=NO[C@H](c2ccccc2)C1. The molecule has 2 N–H and O–H groups in total. The van der Waals surface area contributed by atoms with Crippen LogP contribution in [0.3, 0.4) is 0 Å². The molecule has 0 bridgehead atoms. The number of amides is 1. The van der Waals surface area contributed by atoms with Crippen LogP contribution in [0.5, 0.6) is 0 Å². The molecule has 21 heavy (non-hydrogen) atoms. The van der Waals surface area contributed by atoms with Crippen molar-refractivity contribution in [3.63, 3.8) is 0 Å². The molecule has 0 spiro atoms. The molecule has 1 aliphatic heterocycles. The van der Waals surface area contributed by atoms with Gasteiger partial charge in [-0.25, -0.2) is 9.97 Å². The molecule has 1 aliphatic rings. The van der Waals surface area contributed by atoms with Crippen LogP contribution in [-0.4, -0.2) is 21.6 Å². The molecule has 0 saturated heterocycles. The van der Waals surface area contributed by atoms with Crippen LogP contribution in [0, 0.1) is 0 Å². The molecular formula is C14H13N5O2. The standard InChI is InChI=1S/C14H13N5O2/c20-13(17-18-14-15-7-4-8-16-14)11-9-12(21-19-11)10-5-2-1-3-6-10/h1-8,12H,9H2,(H,17,20)(H,15,16,18)/t12-/m0/s1.